The van der Waals surface area contributed by atoms with E-state index in [0.717, 1.165) is 0 Å². The first-order chi connectivity index (χ1) is 19.7. The maximum Gasteiger partial charge on any atom is 0.574 e. The van der Waals surface area contributed by atoms with Crippen LogP contribution in [-0.4, -0.2) is 32.7 Å². The molecule has 0 fully saturated rings. The van der Waals surface area contributed by atoms with Crippen molar-refractivity contribution in [1.29, 1.82) is 10.5 Å². The lowest BCUT2D eigenvalue weighted by Crippen LogP contribution is -2.26. The molecule has 0 spiro atoms. The average Bonchev–Trinajstić information content (AvgIpc) is 3.42. The van der Waals surface area contributed by atoms with Crippen LogP contribution in [0.5, 0.6) is 11.8 Å². The van der Waals surface area contributed by atoms with Crippen LogP contribution in [0.1, 0.15) is 33.9 Å². The van der Waals surface area contributed by atoms with Crippen molar-refractivity contribution < 1.29 is 35.8 Å². The number of nitrogens with zero attached hydrogens (tertiary/aromatic N) is 8. The lowest BCUT2D eigenvalue weighted by Gasteiger charge is -2.15. The minimum absolute atomic E-state index is 0.0256. The largest absolute Gasteiger partial charge is 0.574 e. The van der Waals surface area contributed by atoms with Crippen molar-refractivity contribution in [2.24, 2.45) is 0 Å². The topological polar surface area (TPSA) is 126 Å². The van der Waals surface area contributed by atoms with Gasteiger partial charge < -0.3 is 9.47 Å². The molecule has 0 unspecified atom stereocenters. The molecule has 0 bridgehead atoms. The quantitative estimate of drug-likeness (QED) is 0.227. The number of alkyl halides is 6. The molecule has 0 amide bonds. The SMILES string of the molecule is [C-]#[N+]/C(C#N)=c1/c2c(/c(=C(\C#N)[N+]#[C-])c3c1-c1nc(C)c(C)nc1C3)-c1nc(OC(F)(F)F)c(OC(F)(F)F)nc1C2. The van der Waals surface area contributed by atoms with Crippen LogP contribution < -0.4 is 19.9 Å². The van der Waals surface area contributed by atoms with Gasteiger partial charge in [-0.1, -0.05) is 0 Å². The van der Waals surface area contributed by atoms with E-state index in [9.17, 15) is 36.9 Å². The second kappa shape index (κ2) is 9.43. The molecule has 2 aliphatic rings. The van der Waals surface area contributed by atoms with Crippen molar-refractivity contribution in [3.8, 4) is 46.4 Å². The van der Waals surface area contributed by atoms with E-state index in [1.807, 2.05) is 0 Å². The van der Waals surface area contributed by atoms with Gasteiger partial charge in [0.15, 0.2) is 0 Å². The van der Waals surface area contributed by atoms with Crippen LogP contribution in [0.3, 0.4) is 0 Å². The number of nitriles is 2. The van der Waals surface area contributed by atoms with Gasteiger partial charge in [0.2, 0.25) is 0 Å². The number of halogens is 6. The molecule has 2 heterocycles. The second-order valence-electron chi connectivity index (χ2n) is 8.87. The molecule has 208 valence electrons. The molecule has 10 nitrogen and oxygen atoms in total. The monoisotopic (exact) mass is 580 g/mol. The Kier molecular flexibility index (Phi) is 6.24. The Balaban J connectivity index is 2.00. The van der Waals surface area contributed by atoms with Crippen LogP contribution in [-0.2, 0) is 12.8 Å². The molecular formula is C26H10F6N8O2. The molecule has 0 saturated heterocycles. The number of rotatable bonds is 2. The highest BCUT2D eigenvalue weighted by Crippen LogP contribution is 2.42. The van der Waals surface area contributed by atoms with Crippen LogP contribution >= 0.6 is 0 Å². The van der Waals surface area contributed by atoms with Gasteiger partial charge in [-0.05, 0) is 25.0 Å². The van der Waals surface area contributed by atoms with E-state index < -0.39 is 48.0 Å². The predicted molar refractivity (Wildman–Crippen MR) is 127 cm³/mol. The molecule has 16 heteroatoms. The van der Waals surface area contributed by atoms with E-state index in [2.05, 4.69) is 39.1 Å². The van der Waals surface area contributed by atoms with Gasteiger partial charge in [-0.2, -0.15) is 0 Å². The lowest BCUT2D eigenvalue weighted by atomic mass is 9.92. The van der Waals surface area contributed by atoms with Gasteiger partial charge in [0.05, 0.1) is 59.4 Å². The Hall–Kier alpha value is -5.74. The van der Waals surface area contributed by atoms with Gasteiger partial charge in [-0.3, -0.25) is 4.98 Å². The van der Waals surface area contributed by atoms with Gasteiger partial charge >= 0.3 is 12.7 Å². The molecule has 42 heavy (non-hydrogen) atoms. The van der Waals surface area contributed by atoms with E-state index in [1.165, 1.54) is 0 Å². The summed E-state index contributed by atoms with van der Waals surface area (Å²) in [5, 5.41) is 19.6. The zero-order valence-electron chi connectivity index (χ0n) is 21.1. The van der Waals surface area contributed by atoms with Crippen molar-refractivity contribution in [3.63, 3.8) is 0 Å². The molecule has 2 aromatic heterocycles. The maximum atomic E-state index is 13.2. The van der Waals surface area contributed by atoms with Crippen molar-refractivity contribution >= 4 is 11.4 Å². The number of ether oxygens (including phenoxy) is 2. The minimum Gasteiger partial charge on any atom is -0.382 e. The number of aryl methyl sites for hydroxylation is 2. The molecule has 3 aromatic rings. The first-order valence-corrected chi connectivity index (χ1v) is 11.5. The normalized spacial score (nSPS) is 14.2. The van der Waals surface area contributed by atoms with Crippen LogP contribution in [0.2, 0.25) is 0 Å². The minimum atomic E-state index is -5.50. The average molecular weight is 580 g/mol. The summed E-state index contributed by atoms with van der Waals surface area (Å²) in [6.07, 6.45) is -11.5. The highest BCUT2D eigenvalue weighted by atomic mass is 19.4. The summed E-state index contributed by atoms with van der Waals surface area (Å²) in [7, 11) is 0. The fourth-order valence-electron chi connectivity index (χ4n) is 4.95. The third-order valence-electron chi connectivity index (χ3n) is 6.49. The Bertz CT molecular complexity index is 2010. The summed E-state index contributed by atoms with van der Waals surface area (Å²) in [5.74, 6) is -3.30. The summed E-state index contributed by atoms with van der Waals surface area (Å²) in [5.41, 5.74) is 0.219. The van der Waals surface area contributed by atoms with Crippen molar-refractivity contribution in [2.45, 2.75) is 39.4 Å². The fraction of sp³-hybridized carbons (Fsp3) is 0.231. The Labute approximate surface area is 231 Å². The van der Waals surface area contributed by atoms with Gasteiger partial charge in [-0.15, -0.1) is 26.3 Å². The molecule has 0 N–H and O–H groups in total. The molecule has 0 aliphatic heterocycles. The molecule has 0 atom stereocenters. The fourth-order valence-corrected chi connectivity index (χ4v) is 4.95. The Morgan fingerprint density at radius 3 is 1.55 bits per heavy atom. The third-order valence-corrected chi connectivity index (χ3v) is 6.49. The summed E-state index contributed by atoms with van der Waals surface area (Å²) in [4.78, 5) is 22.9. The molecule has 2 aliphatic carbocycles. The van der Waals surface area contributed by atoms with Crippen molar-refractivity contribution in [1.82, 2.24) is 19.9 Å². The standard InChI is InChI=1S/C26H10F6N8O2/c1-9-10(2)38-21-13(37-9)5-11-18(16(8-34)36-4)20-12(17(19(11)21)15(7-33)35-3)6-14-22(20)40-24(42-26(30,31)32)23(39-14)41-25(27,28)29/h5-6H2,1-2H3/b17-15-,18-16+. The second-order valence-corrected chi connectivity index (χ2v) is 8.87. The summed E-state index contributed by atoms with van der Waals surface area (Å²) < 4.78 is 86.1. The highest BCUT2D eigenvalue weighted by Gasteiger charge is 2.41. The number of fused-ring (bicyclic) bond motifs is 6. The highest BCUT2D eigenvalue weighted by molar-refractivity contribution is 5.90. The molecule has 1 aromatic carbocycles. The van der Waals surface area contributed by atoms with E-state index in [1.54, 1.807) is 26.0 Å². The maximum absolute atomic E-state index is 13.2. The zero-order valence-corrected chi connectivity index (χ0v) is 21.1. The third kappa shape index (κ3) is 4.45. The van der Waals surface area contributed by atoms with Gasteiger partial charge in [0, 0.05) is 34.4 Å². The van der Waals surface area contributed by atoms with Gasteiger partial charge in [-0.25, -0.2) is 35.2 Å². The van der Waals surface area contributed by atoms with E-state index >= 15 is 0 Å². The molecule has 5 rings (SSSR count). The first-order valence-electron chi connectivity index (χ1n) is 11.5. The molecular weight excluding hydrogens is 570 g/mol. The van der Waals surface area contributed by atoms with E-state index in [-0.39, 0.29) is 50.5 Å². The van der Waals surface area contributed by atoms with Crippen LogP contribution in [0.4, 0.5) is 26.3 Å². The first kappa shape index (κ1) is 27.8. The van der Waals surface area contributed by atoms with Crippen molar-refractivity contribution in [3.05, 3.63) is 67.2 Å². The van der Waals surface area contributed by atoms with Crippen LogP contribution in [0.25, 0.3) is 43.6 Å². The van der Waals surface area contributed by atoms with E-state index in [4.69, 9.17) is 13.1 Å². The summed E-state index contributed by atoms with van der Waals surface area (Å²) in [6, 6.07) is 3.50. The smallest absolute Gasteiger partial charge is 0.382 e. The Morgan fingerprint density at radius 1 is 0.714 bits per heavy atom. The summed E-state index contributed by atoms with van der Waals surface area (Å²) in [6.45, 7) is 18.6. The van der Waals surface area contributed by atoms with Crippen molar-refractivity contribution in [2.75, 3.05) is 0 Å². The van der Waals surface area contributed by atoms with Crippen LogP contribution in [0.15, 0.2) is 0 Å². The van der Waals surface area contributed by atoms with Crippen LogP contribution in [0, 0.1) is 49.7 Å². The molecule has 0 saturated carbocycles. The van der Waals surface area contributed by atoms with Gasteiger partial charge in [0.1, 0.15) is 0 Å². The molecule has 0 radical (unpaired) electrons. The predicted octanol–water partition coefficient (Wildman–Crippen LogP) is 3.93. The van der Waals surface area contributed by atoms with Gasteiger partial charge in [0.25, 0.3) is 23.2 Å². The lowest BCUT2D eigenvalue weighted by molar-refractivity contribution is -0.289. The zero-order chi connectivity index (χ0) is 30.7. The van der Waals surface area contributed by atoms with E-state index in [0.29, 0.717) is 17.1 Å². The number of benzene rings is 1. The number of hydrogen-bond acceptors (Lipinski definition) is 8. The summed E-state index contributed by atoms with van der Waals surface area (Å²) >= 11 is 0. The Morgan fingerprint density at radius 2 is 1.12 bits per heavy atom. The number of aromatic nitrogens is 4. The number of hydrogen-bond donors (Lipinski definition) is 0.